The maximum atomic E-state index is 13.7. The third-order valence-electron chi connectivity index (χ3n) is 6.43. The summed E-state index contributed by atoms with van der Waals surface area (Å²) >= 11 is 0. The molecule has 2 aromatic carbocycles. The molecule has 1 saturated carbocycles. The number of nitrogens with zero attached hydrogens (tertiary/aromatic N) is 2. The van der Waals surface area contributed by atoms with Crippen LogP contribution in [-0.4, -0.2) is 45.0 Å². The Morgan fingerprint density at radius 1 is 0.829 bits per heavy atom. The number of benzene rings is 2. The molecule has 2 amide bonds. The zero-order valence-corrected chi connectivity index (χ0v) is 20.5. The van der Waals surface area contributed by atoms with E-state index in [2.05, 4.69) is 0 Å². The van der Waals surface area contributed by atoms with E-state index in [0.29, 0.717) is 12.8 Å². The lowest BCUT2D eigenvalue weighted by Crippen LogP contribution is -2.50. The van der Waals surface area contributed by atoms with Gasteiger partial charge >= 0.3 is 0 Å². The topological polar surface area (TPSA) is 135 Å². The summed E-state index contributed by atoms with van der Waals surface area (Å²) < 4.78 is 65.2. The molecule has 0 radical (unpaired) electrons. The summed E-state index contributed by atoms with van der Waals surface area (Å²) in [6.45, 7) is 0. The number of sulfonamides is 2. The van der Waals surface area contributed by atoms with Gasteiger partial charge in [-0.25, -0.2) is 31.3 Å². The molecule has 35 heavy (non-hydrogen) atoms. The van der Waals surface area contributed by atoms with Crippen LogP contribution in [0.15, 0.2) is 58.3 Å². The first kappa shape index (κ1) is 25.4. The standard InChI is InChI=1S/C23H26FN3O6S2/c24-16-7-11-20(12-8-16)35(32,33)27(18-5-3-1-2-4-6-18)21-15-22(28)26(23(21)29)17-9-13-19(14-10-17)34(25,30)31/h7-14,18,21H,1-6,15H2,(H2,25,30,31). The third kappa shape index (κ3) is 5.15. The summed E-state index contributed by atoms with van der Waals surface area (Å²) in [6, 6.07) is 7.55. The van der Waals surface area contributed by atoms with Crippen LogP contribution in [0.5, 0.6) is 0 Å². The van der Waals surface area contributed by atoms with E-state index in [1.165, 1.54) is 24.3 Å². The van der Waals surface area contributed by atoms with Crippen LogP contribution in [0, 0.1) is 5.82 Å². The van der Waals surface area contributed by atoms with Crippen molar-refractivity contribution in [3.8, 4) is 0 Å². The smallest absolute Gasteiger partial charge is 0.252 e. The molecule has 0 spiro atoms. The Morgan fingerprint density at radius 2 is 1.37 bits per heavy atom. The lowest BCUT2D eigenvalue weighted by Gasteiger charge is -2.33. The Hall–Kier alpha value is -2.67. The zero-order valence-electron chi connectivity index (χ0n) is 18.8. The number of hydrogen-bond acceptors (Lipinski definition) is 6. The van der Waals surface area contributed by atoms with E-state index in [-0.39, 0.29) is 21.9 Å². The second-order valence-corrected chi connectivity index (χ2v) is 12.2. The highest BCUT2D eigenvalue weighted by atomic mass is 32.2. The number of rotatable bonds is 6. The third-order valence-corrected chi connectivity index (χ3v) is 9.33. The normalized spacial score (nSPS) is 20.4. The average Bonchev–Trinajstić information content (AvgIpc) is 2.96. The summed E-state index contributed by atoms with van der Waals surface area (Å²) in [5, 5.41) is 5.11. The van der Waals surface area contributed by atoms with E-state index in [4.69, 9.17) is 5.14 Å². The first-order valence-electron chi connectivity index (χ1n) is 11.3. The number of carbonyl (C=O) groups is 2. The second-order valence-electron chi connectivity index (χ2n) is 8.76. The van der Waals surface area contributed by atoms with Gasteiger partial charge in [-0.05, 0) is 61.4 Å². The van der Waals surface area contributed by atoms with E-state index in [0.717, 1.165) is 59.2 Å². The second kappa shape index (κ2) is 9.76. The summed E-state index contributed by atoms with van der Waals surface area (Å²) in [5.74, 6) is -1.91. The van der Waals surface area contributed by atoms with Gasteiger partial charge in [-0.2, -0.15) is 4.31 Å². The van der Waals surface area contributed by atoms with E-state index in [1.54, 1.807) is 0 Å². The maximum Gasteiger partial charge on any atom is 0.252 e. The number of carbonyl (C=O) groups excluding carboxylic acids is 2. The number of hydrogen-bond donors (Lipinski definition) is 1. The Labute approximate surface area is 203 Å². The summed E-state index contributed by atoms with van der Waals surface area (Å²) in [5.41, 5.74) is 0.120. The predicted molar refractivity (Wildman–Crippen MR) is 126 cm³/mol. The van der Waals surface area contributed by atoms with Crippen molar-refractivity contribution in [1.29, 1.82) is 0 Å². The van der Waals surface area contributed by atoms with Crippen LogP contribution in [0.1, 0.15) is 44.9 Å². The molecule has 12 heteroatoms. The number of primary sulfonamides is 1. The Morgan fingerprint density at radius 3 is 1.91 bits per heavy atom. The molecule has 9 nitrogen and oxygen atoms in total. The monoisotopic (exact) mass is 523 g/mol. The maximum absolute atomic E-state index is 13.7. The van der Waals surface area contributed by atoms with Crippen molar-refractivity contribution in [2.75, 3.05) is 4.90 Å². The summed E-state index contributed by atoms with van der Waals surface area (Å²) in [6.07, 6.45) is 4.19. The van der Waals surface area contributed by atoms with E-state index >= 15 is 0 Å². The fourth-order valence-corrected chi connectivity index (χ4v) is 7.07. The molecule has 0 aromatic heterocycles. The van der Waals surface area contributed by atoms with Crippen molar-refractivity contribution in [3.05, 3.63) is 54.3 Å². The quantitative estimate of drug-likeness (QED) is 0.457. The SMILES string of the molecule is NS(=O)(=O)c1ccc(N2C(=O)CC(N(C3CCCCCC3)S(=O)(=O)c3ccc(F)cc3)C2=O)cc1. The van der Waals surface area contributed by atoms with Gasteiger partial charge in [0.15, 0.2) is 0 Å². The van der Waals surface area contributed by atoms with Gasteiger partial charge in [0.25, 0.3) is 5.91 Å². The van der Waals surface area contributed by atoms with Crippen LogP contribution in [0.2, 0.25) is 0 Å². The highest BCUT2D eigenvalue weighted by molar-refractivity contribution is 7.89. The van der Waals surface area contributed by atoms with E-state index in [1.807, 2.05) is 0 Å². The molecule has 1 unspecified atom stereocenters. The average molecular weight is 524 g/mol. The number of nitrogens with two attached hydrogens (primary N) is 1. The van der Waals surface area contributed by atoms with Crippen molar-refractivity contribution in [2.45, 2.75) is 66.8 Å². The van der Waals surface area contributed by atoms with Crippen molar-refractivity contribution in [2.24, 2.45) is 5.14 Å². The minimum atomic E-state index is -4.23. The van der Waals surface area contributed by atoms with Gasteiger partial charge in [-0.1, -0.05) is 25.7 Å². The molecular weight excluding hydrogens is 497 g/mol. The molecular formula is C23H26FN3O6S2. The summed E-state index contributed by atoms with van der Waals surface area (Å²) in [7, 11) is -8.20. The van der Waals surface area contributed by atoms with Crippen LogP contribution in [0.4, 0.5) is 10.1 Å². The molecule has 1 saturated heterocycles. The lowest BCUT2D eigenvalue weighted by molar-refractivity contribution is -0.122. The van der Waals surface area contributed by atoms with Gasteiger partial charge in [0.05, 0.1) is 21.9 Å². The summed E-state index contributed by atoms with van der Waals surface area (Å²) in [4.78, 5) is 27.0. The Balaban J connectivity index is 1.72. The fraction of sp³-hybridized carbons (Fsp3) is 0.391. The highest BCUT2D eigenvalue weighted by Crippen LogP contribution is 2.35. The highest BCUT2D eigenvalue weighted by Gasteiger charge is 2.49. The van der Waals surface area contributed by atoms with Crippen LogP contribution in [-0.2, 0) is 29.6 Å². The lowest BCUT2D eigenvalue weighted by atomic mass is 10.1. The first-order valence-corrected chi connectivity index (χ1v) is 14.3. The number of amides is 2. The molecule has 2 aromatic rings. The van der Waals surface area contributed by atoms with Gasteiger partial charge in [-0.3, -0.25) is 9.59 Å². The van der Waals surface area contributed by atoms with Gasteiger partial charge in [0.2, 0.25) is 26.0 Å². The minimum absolute atomic E-state index is 0.120. The van der Waals surface area contributed by atoms with Crippen LogP contribution in [0.3, 0.4) is 0 Å². The Bertz CT molecular complexity index is 1320. The number of halogens is 1. The molecule has 1 aliphatic carbocycles. The van der Waals surface area contributed by atoms with Gasteiger partial charge in [0.1, 0.15) is 11.9 Å². The van der Waals surface area contributed by atoms with Crippen LogP contribution in [0.25, 0.3) is 0 Å². The molecule has 1 atom stereocenters. The minimum Gasteiger partial charge on any atom is -0.274 e. The molecule has 2 aliphatic rings. The largest absolute Gasteiger partial charge is 0.274 e. The predicted octanol–water partition coefficient (Wildman–Crippen LogP) is 2.52. The first-order chi connectivity index (χ1) is 16.5. The Kier molecular flexibility index (Phi) is 7.09. The van der Waals surface area contributed by atoms with E-state index in [9.17, 15) is 30.8 Å². The van der Waals surface area contributed by atoms with Crippen molar-refractivity contribution >= 4 is 37.5 Å². The molecule has 1 heterocycles. The van der Waals surface area contributed by atoms with Crippen molar-refractivity contribution in [3.63, 3.8) is 0 Å². The fourth-order valence-electron chi connectivity index (χ4n) is 4.73. The number of imide groups is 1. The van der Waals surface area contributed by atoms with Gasteiger partial charge < -0.3 is 0 Å². The molecule has 1 aliphatic heterocycles. The van der Waals surface area contributed by atoms with Gasteiger partial charge in [0, 0.05) is 6.04 Å². The molecule has 2 N–H and O–H groups in total. The molecule has 2 fully saturated rings. The number of anilines is 1. The van der Waals surface area contributed by atoms with Crippen molar-refractivity contribution < 1.29 is 30.8 Å². The van der Waals surface area contributed by atoms with Crippen LogP contribution >= 0.6 is 0 Å². The van der Waals surface area contributed by atoms with E-state index < -0.39 is 49.8 Å². The zero-order chi connectivity index (χ0) is 25.4. The van der Waals surface area contributed by atoms with Gasteiger partial charge in [-0.15, -0.1) is 0 Å². The molecule has 0 bridgehead atoms. The molecule has 188 valence electrons. The van der Waals surface area contributed by atoms with Crippen LogP contribution < -0.4 is 10.0 Å². The molecule has 4 rings (SSSR count). The van der Waals surface area contributed by atoms with Crippen molar-refractivity contribution in [1.82, 2.24) is 4.31 Å².